The maximum absolute atomic E-state index is 12.7. The van der Waals surface area contributed by atoms with Crippen LogP contribution in [0.3, 0.4) is 0 Å². The molecule has 118 valence electrons. The minimum atomic E-state index is -4.67. The summed E-state index contributed by atoms with van der Waals surface area (Å²) in [5.41, 5.74) is -1.76. The van der Waals surface area contributed by atoms with Crippen LogP contribution in [-0.4, -0.2) is 52.2 Å². The Bertz CT molecular complexity index is 536. The van der Waals surface area contributed by atoms with Gasteiger partial charge in [-0.3, -0.25) is 4.79 Å². The van der Waals surface area contributed by atoms with Gasteiger partial charge < -0.3 is 15.3 Å². The van der Waals surface area contributed by atoms with Crippen LogP contribution in [0.25, 0.3) is 0 Å². The first-order valence-corrected chi connectivity index (χ1v) is 7.19. The lowest BCUT2D eigenvalue weighted by molar-refractivity contribution is -0.271. The van der Waals surface area contributed by atoms with Crippen molar-refractivity contribution in [2.45, 2.75) is 31.5 Å². The summed E-state index contributed by atoms with van der Waals surface area (Å²) in [5.74, 6) is -0.352. The molecule has 1 aliphatic heterocycles. The number of hydrogen-bond acceptors (Lipinski definition) is 5. The summed E-state index contributed by atoms with van der Waals surface area (Å²) in [6.07, 6.45) is -5.68. The molecule has 1 aromatic heterocycles. The Kier molecular flexibility index (Phi) is 4.16. The minimum absolute atomic E-state index is 0.132. The average molecular weight is 323 g/mol. The van der Waals surface area contributed by atoms with E-state index in [1.54, 1.807) is 14.0 Å². The summed E-state index contributed by atoms with van der Waals surface area (Å²) >= 11 is 1.13. The van der Waals surface area contributed by atoms with Crippen molar-refractivity contribution in [2.24, 2.45) is 0 Å². The first-order valence-electron chi connectivity index (χ1n) is 6.42. The van der Waals surface area contributed by atoms with E-state index in [1.165, 1.54) is 4.90 Å². The number of likely N-dealkylation sites (tertiary alicyclic amines) is 1. The number of aromatic nitrogens is 1. The molecule has 0 unspecified atom stereocenters. The largest absolute Gasteiger partial charge is 0.417 e. The van der Waals surface area contributed by atoms with Gasteiger partial charge in [0.15, 0.2) is 5.60 Å². The van der Waals surface area contributed by atoms with Crippen molar-refractivity contribution < 1.29 is 23.1 Å². The van der Waals surface area contributed by atoms with Crippen molar-refractivity contribution in [3.63, 3.8) is 0 Å². The van der Waals surface area contributed by atoms with Crippen molar-refractivity contribution in [2.75, 3.05) is 25.5 Å². The zero-order valence-electron chi connectivity index (χ0n) is 11.6. The predicted octanol–water partition coefficient (Wildman–Crippen LogP) is 2.02. The first-order chi connectivity index (χ1) is 9.69. The van der Waals surface area contributed by atoms with E-state index in [4.69, 9.17) is 0 Å². The van der Waals surface area contributed by atoms with Gasteiger partial charge in [-0.05, 0) is 18.5 Å². The van der Waals surface area contributed by atoms with E-state index < -0.39 is 24.6 Å². The molecule has 1 amide bonds. The number of carbonyl (C=O) groups is 1. The van der Waals surface area contributed by atoms with E-state index in [9.17, 15) is 23.1 Å². The highest BCUT2D eigenvalue weighted by atomic mass is 32.1. The monoisotopic (exact) mass is 323 g/mol. The Hall–Kier alpha value is -1.35. The summed E-state index contributed by atoms with van der Waals surface area (Å²) in [5, 5.41) is 13.1. The summed E-state index contributed by atoms with van der Waals surface area (Å²) in [6, 6.07) is 0. The van der Waals surface area contributed by atoms with Crippen LogP contribution in [0.1, 0.15) is 28.9 Å². The van der Waals surface area contributed by atoms with Crippen LogP contribution in [-0.2, 0) is 0 Å². The number of aliphatic hydroxyl groups is 1. The highest BCUT2D eigenvalue weighted by molar-refractivity contribution is 7.10. The zero-order chi connectivity index (χ0) is 15.8. The number of alkyl halides is 3. The molecule has 2 heterocycles. The van der Waals surface area contributed by atoms with Gasteiger partial charge in [0, 0.05) is 33.0 Å². The smallest absolute Gasteiger partial charge is 0.380 e. The molecular formula is C12H16F3N3O2S. The predicted molar refractivity (Wildman–Crippen MR) is 72.5 cm³/mol. The summed E-state index contributed by atoms with van der Waals surface area (Å²) in [7, 11) is 1.66. The maximum atomic E-state index is 12.7. The summed E-state index contributed by atoms with van der Waals surface area (Å²) < 4.78 is 42.3. The number of rotatable bonds is 2. The third kappa shape index (κ3) is 2.84. The molecule has 1 aliphatic rings. The highest BCUT2D eigenvalue weighted by Gasteiger charge is 2.55. The number of piperidine rings is 1. The Morgan fingerprint density at radius 1 is 1.43 bits per heavy atom. The lowest BCUT2D eigenvalue weighted by Crippen LogP contribution is -2.54. The van der Waals surface area contributed by atoms with Gasteiger partial charge in [0.05, 0.1) is 11.3 Å². The Morgan fingerprint density at radius 3 is 2.48 bits per heavy atom. The number of aryl methyl sites for hydroxylation is 1. The molecule has 2 rings (SSSR count). The quantitative estimate of drug-likeness (QED) is 0.874. The second kappa shape index (κ2) is 5.45. The molecule has 0 bridgehead atoms. The fourth-order valence-electron chi connectivity index (χ4n) is 2.31. The first kappa shape index (κ1) is 16.0. The third-order valence-corrected chi connectivity index (χ3v) is 4.67. The standard InChI is InChI=1S/C12H16F3N3O2S/c1-7-8(9(16-2)21-17-7)10(19)18-5-3-11(20,4-6-18)12(13,14)15/h16,20H,3-6H2,1-2H3. The molecular weight excluding hydrogens is 307 g/mol. The number of hydrogen-bond donors (Lipinski definition) is 2. The van der Waals surface area contributed by atoms with Crippen LogP contribution in [0.15, 0.2) is 0 Å². The topological polar surface area (TPSA) is 65.5 Å². The summed E-state index contributed by atoms with van der Waals surface area (Å²) in [4.78, 5) is 13.7. The van der Waals surface area contributed by atoms with Gasteiger partial charge in [0.1, 0.15) is 5.00 Å². The lowest BCUT2D eigenvalue weighted by atomic mass is 9.90. The molecule has 1 fully saturated rings. The number of amides is 1. The Balaban J connectivity index is 2.12. The lowest BCUT2D eigenvalue weighted by Gasteiger charge is -2.39. The van der Waals surface area contributed by atoms with Crippen LogP contribution < -0.4 is 5.32 Å². The van der Waals surface area contributed by atoms with E-state index in [-0.39, 0.29) is 19.0 Å². The van der Waals surface area contributed by atoms with Gasteiger partial charge in [-0.2, -0.15) is 17.5 Å². The van der Waals surface area contributed by atoms with Crippen LogP contribution in [0.5, 0.6) is 0 Å². The maximum Gasteiger partial charge on any atom is 0.417 e. The van der Waals surface area contributed by atoms with Gasteiger partial charge in [-0.15, -0.1) is 0 Å². The summed E-state index contributed by atoms with van der Waals surface area (Å²) in [6.45, 7) is 1.42. The Morgan fingerprint density at radius 2 is 2.00 bits per heavy atom. The molecule has 0 aliphatic carbocycles. The molecule has 5 nitrogen and oxygen atoms in total. The zero-order valence-corrected chi connectivity index (χ0v) is 12.4. The number of carbonyl (C=O) groups excluding carboxylic acids is 1. The van der Waals surface area contributed by atoms with E-state index in [0.29, 0.717) is 16.3 Å². The van der Waals surface area contributed by atoms with Gasteiger partial charge >= 0.3 is 6.18 Å². The van der Waals surface area contributed by atoms with E-state index in [2.05, 4.69) is 9.69 Å². The minimum Gasteiger partial charge on any atom is -0.380 e. The van der Waals surface area contributed by atoms with Crippen molar-refractivity contribution in [3.05, 3.63) is 11.3 Å². The van der Waals surface area contributed by atoms with Gasteiger partial charge in [0.2, 0.25) is 0 Å². The SMILES string of the molecule is CNc1snc(C)c1C(=O)N1CCC(O)(C(F)(F)F)CC1. The second-order valence-corrected chi connectivity index (χ2v) is 5.82. The normalized spacial score (nSPS) is 18.7. The highest BCUT2D eigenvalue weighted by Crippen LogP contribution is 2.39. The van der Waals surface area contributed by atoms with E-state index in [1.807, 2.05) is 0 Å². The van der Waals surface area contributed by atoms with Crippen LogP contribution >= 0.6 is 11.5 Å². The van der Waals surface area contributed by atoms with Crippen LogP contribution in [0, 0.1) is 6.92 Å². The third-order valence-electron chi connectivity index (χ3n) is 3.71. The van der Waals surface area contributed by atoms with Crippen LogP contribution in [0.2, 0.25) is 0 Å². The molecule has 0 atom stereocenters. The average Bonchev–Trinajstić information content (AvgIpc) is 2.78. The number of nitrogens with zero attached hydrogens (tertiary/aromatic N) is 2. The van der Waals surface area contributed by atoms with Crippen molar-refractivity contribution >= 4 is 22.4 Å². The van der Waals surface area contributed by atoms with Crippen LogP contribution in [0.4, 0.5) is 18.2 Å². The van der Waals surface area contributed by atoms with Gasteiger partial charge in [-0.25, -0.2) is 0 Å². The fraction of sp³-hybridized carbons (Fsp3) is 0.667. The van der Waals surface area contributed by atoms with Crippen molar-refractivity contribution in [1.29, 1.82) is 0 Å². The van der Waals surface area contributed by atoms with Gasteiger partial charge in [-0.1, -0.05) is 0 Å². The molecule has 2 N–H and O–H groups in total. The molecule has 0 saturated carbocycles. The number of halogens is 3. The van der Waals surface area contributed by atoms with Crippen molar-refractivity contribution in [1.82, 2.24) is 9.27 Å². The molecule has 1 aromatic rings. The molecule has 0 spiro atoms. The number of anilines is 1. The van der Waals surface area contributed by atoms with E-state index >= 15 is 0 Å². The molecule has 0 aromatic carbocycles. The van der Waals surface area contributed by atoms with Gasteiger partial charge in [0.25, 0.3) is 5.91 Å². The Labute approximate surface area is 123 Å². The van der Waals surface area contributed by atoms with Crippen molar-refractivity contribution in [3.8, 4) is 0 Å². The molecule has 9 heteroatoms. The second-order valence-electron chi connectivity index (χ2n) is 5.04. The molecule has 0 radical (unpaired) electrons. The molecule has 1 saturated heterocycles. The number of nitrogens with one attached hydrogen (secondary N) is 1. The molecule has 21 heavy (non-hydrogen) atoms. The fourth-order valence-corrected chi connectivity index (χ4v) is 3.05. The van der Waals surface area contributed by atoms with E-state index in [0.717, 1.165) is 11.5 Å².